The molecule has 1 aromatic rings. The van der Waals surface area contributed by atoms with Crippen LogP contribution in [0.1, 0.15) is 18.4 Å². The van der Waals surface area contributed by atoms with Crippen molar-refractivity contribution in [2.75, 3.05) is 27.2 Å². The van der Waals surface area contributed by atoms with E-state index in [1.165, 1.54) is 0 Å². The van der Waals surface area contributed by atoms with Crippen LogP contribution in [0.2, 0.25) is 0 Å². The molecule has 1 saturated heterocycles. The molecule has 19 heavy (non-hydrogen) atoms. The fourth-order valence-electron chi connectivity index (χ4n) is 2.48. The highest BCUT2D eigenvalue weighted by molar-refractivity contribution is 5.46. The first-order valence-corrected chi connectivity index (χ1v) is 6.57. The van der Waals surface area contributed by atoms with E-state index in [9.17, 15) is 0 Å². The fourth-order valence-corrected chi connectivity index (χ4v) is 2.48. The highest BCUT2D eigenvalue weighted by atomic mass is 16.6. The molecular formula is C14H22N2O3. The number of para-hydroxylation sites is 1. The number of likely N-dealkylation sites (tertiary alicyclic amines) is 1. The minimum atomic E-state index is 0.210. The molecule has 1 aliphatic rings. The van der Waals surface area contributed by atoms with E-state index in [0.29, 0.717) is 12.4 Å². The van der Waals surface area contributed by atoms with Gasteiger partial charge in [-0.15, -0.1) is 0 Å². The van der Waals surface area contributed by atoms with Crippen LogP contribution in [0.15, 0.2) is 18.2 Å². The van der Waals surface area contributed by atoms with Gasteiger partial charge >= 0.3 is 0 Å². The van der Waals surface area contributed by atoms with Gasteiger partial charge in [-0.3, -0.25) is 4.84 Å². The first kappa shape index (κ1) is 14.1. The first-order valence-electron chi connectivity index (χ1n) is 6.57. The van der Waals surface area contributed by atoms with Gasteiger partial charge in [-0.2, -0.15) is 0 Å². The monoisotopic (exact) mass is 266 g/mol. The number of rotatable bonds is 5. The molecule has 0 aromatic heterocycles. The van der Waals surface area contributed by atoms with Crippen molar-refractivity contribution < 1.29 is 14.3 Å². The Labute approximate surface area is 114 Å². The maximum absolute atomic E-state index is 6.07. The van der Waals surface area contributed by atoms with E-state index in [1.54, 1.807) is 7.11 Å². The number of nitrogens with zero attached hydrogens (tertiary/aromatic N) is 1. The number of ether oxygens (including phenoxy) is 2. The molecule has 1 atom stereocenters. The van der Waals surface area contributed by atoms with Gasteiger partial charge < -0.3 is 14.4 Å². The van der Waals surface area contributed by atoms with Crippen molar-refractivity contribution in [2.24, 2.45) is 5.90 Å². The third kappa shape index (κ3) is 3.59. The van der Waals surface area contributed by atoms with Crippen molar-refractivity contribution in [1.82, 2.24) is 4.90 Å². The van der Waals surface area contributed by atoms with Gasteiger partial charge in [0.15, 0.2) is 11.5 Å². The number of nitrogens with two attached hydrogens (primary N) is 1. The van der Waals surface area contributed by atoms with Gasteiger partial charge in [0.1, 0.15) is 6.10 Å². The molecule has 0 radical (unpaired) electrons. The lowest BCUT2D eigenvalue weighted by molar-refractivity contribution is 0.0988. The summed E-state index contributed by atoms with van der Waals surface area (Å²) in [7, 11) is 3.75. The van der Waals surface area contributed by atoms with Crippen LogP contribution in [0.25, 0.3) is 0 Å². The van der Waals surface area contributed by atoms with Crippen LogP contribution in [0, 0.1) is 0 Å². The first-order chi connectivity index (χ1) is 9.24. The molecule has 2 rings (SSSR count). The second kappa shape index (κ2) is 6.75. The average molecular weight is 266 g/mol. The molecular weight excluding hydrogens is 244 g/mol. The highest BCUT2D eigenvalue weighted by Gasteiger charge is 2.20. The summed E-state index contributed by atoms with van der Waals surface area (Å²) in [4.78, 5) is 6.97. The third-order valence-electron chi connectivity index (χ3n) is 3.38. The maximum atomic E-state index is 6.07. The van der Waals surface area contributed by atoms with E-state index in [0.717, 1.165) is 37.2 Å². The molecule has 1 heterocycles. The van der Waals surface area contributed by atoms with Gasteiger partial charge in [-0.05, 0) is 32.5 Å². The molecule has 1 unspecified atom stereocenters. The average Bonchev–Trinajstić information content (AvgIpc) is 2.39. The Kier molecular flexibility index (Phi) is 5.01. The van der Waals surface area contributed by atoms with Crippen LogP contribution in [-0.4, -0.2) is 38.3 Å². The molecule has 0 saturated carbocycles. The van der Waals surface area contributed by atoms with Gasteiger partial charge in [-0.1, -0.05) is 12.1 Å². The summed E-state index contributed by atoms with van der Waals surface area (Å²) >= 11 is 0. The van der Waals surface area contributed by atoms with E-state index in [4.69, 9.17) is 15.4 Å². The molecule has 5 heteroatoms. The zero-order valence-electron chi connectivity index (χ0n) is 11.6. The predicted molar refractivity (Wildman–Crippen MR) is 73.1 cm³/mol. The summed E-state index contributed by atoms with van der Waals surface area (Å²) < 4.78 is 11.5. The van der Waals surface area contributed by atoms with Gasteiger partial charge in [0.05, 0.1) is 13.7 Å². The Balaban J connectivity index is 2.12. The molecule has 1 fully saturated rings. The molecule has 2 N–H and O–H groups in total. The van der Waals surface area contributed by atoms with E-state index in [2.05, 4.69) is 16.8 Å². The van der Waals surface area contributed by atoms with Gasteiger partial charge in [0.2, 0.25) is 0 Å². The van der Waals surface area contributed by atoms with E-state index in [-0.39, 0.29) is 6.10 Å². The van der Waals surface area contributed by atoms with Crippen LogP contribution in [-0.2, 0) is 11.4 Å². The Morgan fingerprint density at radius 1 is 1.42 bits per heavy atom. The topological polar surface area (TPSA) is 57.0 Å². The SMILES string of the molecule is COc1c(CON)cccc1OC1CCCN(C)C1. The van der Waals surface area contributed by atoms with Crippen molar-refractivity contribution in [1.29, 1.82) is 0 Å². The number of piperidine rings is 1. The lowest BCUT2D eigenvalue weighted by atomic mass is 10.1. The summed E-state index contributed by atoms with van der Waals surface area (Å²) in [5.41, 5.74) is 0.895. The number of likely N-dealkylation sites (N-methyl/N-ethyl adjacent to an activating group) is 1. The number of hydrogen-bond acceptors (Lipinski definition) is 5. The van der Waals surface area contributed by atoms with Crippen LogP contribution in [0.5, 0.6) is 11.5 Å². The number of methoxy groups -OCH3 is 1. The van der Waals surface area contributed by atoms with Crippen LogP contribution < -0.4 is 15.4 Å². The standard InChI is InChI=1S/C14H22N2O3/c1-16-8-4-6-12(9-16)19-13-7-3-5-11(10-18-15)14(13)17-2/h3,5,7,12H,4,6,8-10,15H2,1-2H3. The summed E-state index contributed by atoms with van der Waals surface area (Å²) in [6, 6.07) is 5.78. The fraction of sp³-hybridized carbons (Fsp3) is 0.571. The Bertz CT molecular complexity index is 412. The molecule has 0 amide bonds. The smallest absolute Gasteiger partial charge is 0.166 e. The highest BCUT2D eigenvalue weighted by Crippen LogP contribution is 2.33. The minimum Gasteiger partial charge on any atom is -0.492 e. The van der Waals surface area contributed by atoms with Gasteiger partial charge in [0.25, 0.3) is 0 Å². The summed E-state index contributed by atoms with van der Waals surface area (Å²) in [6.45, 7) is 2.39. The Morgan fingerprint density at radius 2 is 2.26 bits per heavy atom. The van der Waals surface area contributed by atoms with Crippen molar-refractivity contribution in [3.8, 4) is 11.5 Å². The summed E-state index contributed by atoms with van der Waals surface area (Å²) in [5, 5.41) is 0. The van der Waals surface area contributed by atoms with Crippen molar-refractivity contribution in [3.05, 3.63) is 23.8 Å². The second-order valence-electron chi connectivity index (χ2n) is 4.90. The molecule has 0 spiro atoms. The van der Waals surface area contributed by atoms with E-state index in [1.807, 2.05) is 18.2 Å². The number of benzene rings is 1. The lowest BCUT2D eigenvalue weighted by Gasteiger charge is -2.30. The van der Waals surface area contributed by atoms with Gasteiger partial charge in [0, 0.05) is 12.1 Å². The summed E-state index contributed by atoms with van der Waals surface area (Å²) in [6.07, 6.45) is 2.45. The van der Waals surface area contributed by atoms with Crippen LogP contribution >= 0.6 is 0 Å². The lowest BCUT2D eigenvalue weighted by Crippen LogP contribution is -2.38. The Hall–Kier alpha value is -1.30. The number of hydrogen-bond donors (Lipinski definition) is 1. The van der Waals surface area contributed by atoms with Crippen molar-refractivity contribution in [3.63, 3.8) is 0 Å². The van der Waals surface area contributed by atoms with Crippen molar-refractivity contribution in [2.45, 2.75) is 25.6 Å². The molecule has 5 nitrogen and oxygen atoms in total. The van der Waals surface area contributed by atoms with E-state index >= 15 is 0 Å². The molecule has 0 bridgehead atoms. The predicted octanol–water partition coefficient (Wildman–Crippen LogP) is 1.56. The normalized spacial score (nSPS) is 20.3. The van der Waals surface area contributed by atoms with Crippen LogP contribution in [0.4, 0.5) is 0 Å². The molecule has 1 aromatic carbocycles. The quantitative estimate of drug-likeness (QED) is 0.820. The van der Waals surface area contributed by atoms with Crippen molar-refractivity contribution >= 4 is 0 Å². The molecule has 106 valence electrons. The largest absolute Gasteiger partial charge is 0.492 e. The molecule has 1 aliphatic heterocycles. The maximum Gasteiger partial charge on any atom is 0.166 e. The van der Waals surface area contributed by atoms with Gasteiger partial charge in [-0.25, -0.2) is 5.90 Å². The third-order valence-corrected chi connectivity index (χ3v) is 3.38. The van der Waals surface area contributed by atoms with E-state index < -0.39 is 0 Å². The zero-order valence-corrected chi connectivity index (χ0v) is 11.6. The summed E-state index contributed by atoms with van der Waals surface area (Å²) in [5.74, 6) is 6.60. The zero-order chi connectivity index (χ0) is 13.7. The Morgan fingerprint density at radius 3 is 2.95 bits per heavy atom. The molecule has 0 aliphatic carbocycles. The van der Waals surface area contributed by atoms with Crippen LogP contribution in [0.3, 0.4) is 0 Å². The minimum absolute atomic E-state index is 0.210. The second-order valence-corrected chi connectivity index (χ2v) is 4.90.